The first-order chi connectivity index (χ1) is 7.18. The summed E-state index contributed by atoms with van der Waals surface area (Å²) in [7, 11) is 0. The van der Waals surface area contributed by atoms with E-state index in [0.29, 0.717) is 0 Å². The molecule has 2 N–H and O–H groups in total. The summed E-state index contributed by atoms with van der Waals surface area (Å²) in [5.74, 6) is -1.54. The molecule has 0 aliphatic rings. The second-order valence-electron chi connectivity index (χ2n) is 2.74. The molecule has 0 aliphatic carbocycles. The molecule has 0 radical (unpaired) electrons. The monoisotopic (exact) mass is 210 g/mol. The van der Waals surface area contributed by atoms with Gasteiger partial charge in [0.25, 0.3) is 0 Å². The quantitative estimate of drug-likeness (QED) is 0.654. The summed E-state index contributed by atoms with van der Waals surface area (Å²) in [6.45, 7) is -0.553. The Bertz CT molecular complexity index is 339. The second kappa shape index (κ2) is 5.71. The molecule has 1 amide bonds. The number of pyridine rings is 1. The number of rotatable bonds is 5. The van der Waals surface area contributed by atoms with E-state index in [9.17, 15) is 9.59 Å². The van der Waals surface area contributed by atoms with E-state index in [1.165, 1.54) is 0 Å². The number of aliphatic carboxylic acids is 1. The van der Waals surface area contributed by atoms with Crippen LogP contribution in [0.5, 0.6) is 0 Å². The number of carbonyl (C=O) groups is 2. The maximum atomic E-state index is 11.1. The van der Waals surface area contributed by atoms with Crippen molar-refractivity contribution < 1.29 is 19.5 Å². The van der Waals surface area contributed by atoms with Crippen LogP contribution >= 0.6 is 0 Å². The van der Waals surface area contributed by atoms with E-state index in [1.54, 1.807) is 24.5 Å². The van der Waals surface area contributed by atoms with Crippen molar-refractivity contribution in [2.75, 3.05) is 6.61 Å². The minimum Gasteiger partial charge on any atom is -0.479 e. The molecular formula is C9H10N2O4. The van der Waals surface area contributed by atoms with Crippen molar-refractivity contribution in [2.24, 2.45) is 0 Å². The molecule has 0 bridgehead atoms. The molecule has 1 aromatic heterocycles. The van der Waals surface area contributed by atoms with E-state index < -0.39 is 18.5 Å². The van der Waals surface area contributed by atoms with Gasteiger partial charge in [0, 0.05) is 12.4 Å². The van der Waals surface area contributed by atoms with Gasteiger partial charge in [0.1, 0.15) is 0 Å². The Kier molecular flexibility index (Phi) is 4.24. The SMILES string of the molecule is O=C(O)CONC(=O)Cc1ccncc1. The molecule has 0 spiro atoms. The van der Waals surface area contributed by atoms with Crippen molar-refractivity contribution in [3.63, 3.8) is 0 Å². The first kappa shape index (κ1) is 11.1. The van der Waals surface area contributed by atoms with Crippen LogP contribution in [0.1, 0.15) is 5.56 Å². The van der Waals surface area contributed by atoms with Gasteiger partial charge in [-0.05, 0) is 17.7 Å². The molecule has 6 nitrogen and oxygen atoms in total. The number of hydroxylamine groups is 1. The Balaban J connectivity index is 2.28. The van der Waals surface area contributed by atoms with Gasteiger partial charge in [-0.1, -0.05) is 0 Å². The fraction of sp³-hybridized carbons (Fsp3) is 0.222. The van der Waals surface area contributed by atoms with E-state index in [4.69, 9.17) is 5.11 Å². The number of hydrogen-bond acceptors (Lipinski definition) is 4. The van der Waals surface area contributed by atoms with Gasteiger partial charge >= 0.3 is 5.97 Å². The van der Waals surface area contributed by atoms with Crippen molar-refractivity contribution in [1.82, 2.24) is 10.5 Å². The number of hydrogen-bond donors (Lipinski definition) is 2. The van der Waals surface area contributed by atoms with Gasteiger partial charge in [0.05, 0.1) is 6.42 Å². The molecule has 1 rings (SSSR count). The Morgan fingerprint density at radius 3 is 2.67 bits per heavy atom. The minimum absolute atomic E-state index is 0.127. The second-order valence-corrected chi connectivity index (χ2v) is 2.74. The lowest BCUT2D eigenvalue weighted by Gasteiger charge is -2.03. The van der Waals surface area contributed by atoms with Crippen molar-refractivity contribution in [2.45, 2.75) is 6.42 Å². The van der Waals surface area contributed by atoms with E-state index in [2.05, 4.69) is 9.82 Å². The fourth-order valence-corrected chi connectivity index (χ4v) is 0.900. The van der Waals surface area contributed by atoms with Gasteiger partial charge in [-0.2, -0.15) is 0 Å². The molecule has 0 saturated carbocycles. The zero-order chi connectivity index (χ0) is 11.1. The Morgan fingerprint density at radius 2 is 2.07 bits per heavy atom. The Morgan fingerprint density at radius 1 is 1.40 bits per heavy atom. The van der Waals surface area contributed by atoms with Crippen LogP contribution in [-0.4, -0.2) is 28.6 Å². The topological polar surface area (TPSA) is 88.5 Å². The van der Waals surface area contributed by atoms with Crippen LogP contribution in [0.25, 0.3) is 0 Å². The lowest BCUT2D eigenvalue weighted by molar-refractivity contribution is -0.149. The predicted octanol–water partition coefficient (Wildman–Crippen LogP) is -0.244. The normalized spacial score (nSPS) is 9.60. The standard InChI is InChI=1S/C9H10N2O4/c12-8(11-15-6-9(13)14)5-7-1-3-10-4-2-7/h1-4H,5-6H2,(H,11,12)(H,13,14). The van der Waals surface area contributed by atoms with Crippen LogP contribution in [0.4, 0.5) is 0 Å². The van der Waals surface area contributed by atoms with Crippen LogP contribution in [0.3, 0.4) is 0 Å². The van der Waals surface area contributed by atoms with Gasteiger partial charge in [-0.3, -0.25) is 14.6 Å². The summed E-state index contributed by atoms with van der Waals surface area (Å²) in [6.07, 6.45) is 3.27. The summed E-state index contributed by atoms with van der Waals surface area (Å²) in [5.41, 5.74) is 2.80. The third kappa shape index (κ3) is 4.72. The van der Waals surface area contributed by atoms with Gasteiger partial charge in [0.2, 0.25) is 5.91 Å². The summed E-state index contributed by atoms with van der Waals surface area (Å²) < 4.78 is 0. The van der Waals surface area contributed by atoms with Gasteiger partial charge in [-0.15, -0.1) is 0 Å². The summed E-state index contributed by atoms with van der Waals surface area (Å²) in [5, 5.41) is 8.23. The third-order valence-electron chi connectivity index (χ3n) is 1.50. The zero-order valence-corrected chi connectivity index (χ0v) is 7.84. The highest BCUT2D eigenvalue weighted by atomic mass is 16.7. The van der Waals surface area contributed by atoms with E-state index in [-0.39, 0.29) is 6.42 Å². The number of carboxylic acids is 1. The average Bonchev–Trinajstić information content (AvgIpc) is 2.18. The predicted molar refractivity (Wildman–Crippen MR) is 49.7 cm³/mol. The molecule has 0 aliphatic heterocycles. The Hall–Kier alpha value is -1.95. The van der Waals surface area contributed by atoms with Crippen LogP contribution in [-0.2, 0) is 20.8 Å². The smallest absolute Gasteiger partial charge is 0.332 e. The first-order valence-electron chi connectivity index (χ1n) is 4.20. The number of carbonyl (C=O) groups excluding carboxylic acids is 1. The van der Waals surface area contributed by atoms with E-state index in [0.717, 1.165) is 5.56 Å². The fourth-order valence-electron chi connectivity index (χ4n) is 0.900. The maximum Gasteiger partial charge on any atom is 0.332 e. The lowest BCUT2D eigenvalue weighted by atomic mass is 10.2. The zero-order valence-electron chi connectivity index (χ0n) is 7.84. The number of nitrogens with zero attached hydrogens (tertiary/aromatic N) is 1. The van der Waals surface area contributed by atoms with Gasteiger partial charge in [0.15, 0.2) is 6.61 Å². The largest absolute Gasteiger partial charge is 0.479 e. The summed E-state index contributed by atoms with van der Waals surface area (Å²) in [6, 6.07) is 3.38. The highest BCUT2D eigenvalue weighted by molar-refractivity contribution is 5.77. The number of carboxylic acid groups (broad SMARTS) is 1. The van der Waals surface area contributed by atoms with Crippen LogP contribution in [0, 0.1) is 0 Å². The van der Waals surface area contributed by atoms with Crippen LogP contribution in [0.2, 0.25) is 0 Å². The third-order valence-corrected chi connectivity index (χ3v) is 1.50. The number of aromatic nitrogens is 1. The van der Waals surface area contributed by atoms with Crippen LogP contribution < -0.4 is 5.48 Å². The molecule has 0 saturated heterocycles. The highest BCUT2D eigenvalue weighted by Gasteiger charge is 2.04. The summed E-state index contributed by atoms with van der Waals surface area (Å²) >= 11 is 0. The molecular weight excluding hydrogens is 200 g/mol. The first-order valence-corrected chi connectivity index (χ1v) is 4.20. The highest BCUT2D eigenvalue weighted by Crippen LogP contribution is 1.96. The van der Waals surface area contributed by atoms with Crippen molar-refractivity contribution >= 4 is 11.9 Å². The van der Waals surface area contributed by atoms with Crippen LogP contribution in [0.15, 0.2) is 24.5 Å². The molecule has 80 valence electrons. The van der Waals surface area contributed by atoms with Gasteiger partial charge in [-0.25, -0.2) is 10.3 Å². The van der Waals surface area contributed by atoms with E-state index in [1.807, 2.05) is 5.48 Å². The minimum atomic E-state index is -1.14. The number of amides is 1. The molecule has 0 atom stereocenters. The molecule has 0 unspecified atom stereocenters. The Labute approximate surface area is 85.8 Å². The molecule has 15 heavy (non-hydrogen) atoms. The molecule has 0 fully saturated rings. The maximum absolute atomic E-state index is 11.1. The van der Waals surface area contributed by atoms with Crippen molar-refractivity contribution in [3.8, 4) is 0 Å². The number of nitrogens with one attached hydrogen (secondary N) is 1. The lowest BCUT2D eigenvalue weighted by Crippen LogP contribution is -2.27. The summed E-state index contributed by atoms with van der Waals surface area (Å²) in [4.78, 5) is 29.4. The van der Waals surface area contributed by atoms with Crippen molar-refractivity contribution in [1.29, 1.82) is 0 Å². The molecule has 1 heterocycles. The molecule has 1 aromatic rings. The van der Waals surface area contributed by atoms with Gasteiger partial charge < -0.3 is 5.11 Å². The van der Waals surface area contributed by atoms with Crippen molar-refractivity contribution in [3.05, 3.63) is 30.1 Å². The molecule has 6 heteroatoms. The average molecular weight is 210 g/mol. The molecule has 0 aromatic carbocycles. The van der Waals surface area contributed by atoms with E-state index >= 15 is 0 Å².